The van der Waals surface area contributed by atoms with Crippen LogP contribution in [0.2, 0.25) is 0 Å². The summed E-state index contributed by atoms with van der Waals surface area (Å²) in [7, 11) is 0. The van der Waals surface area contributed by atoms with E-state index in [9.17, 15) is 9.59 Å². The molecule has 26 heavy (non-hydrogen) atoms. The molecule has 4 heteroatoms. The zero-order valence-electron chi connectivity index (χ0n) is 14.8. The molecule has 1 fully saturated rings. The van der Waals surface area contributed by atoms with E-state index >= 15 is 0 Å². The van der Waals surface area contributed by atoms with E-state index in [1.807, 2.05) is 41.4 Å². The summed E-state index contributed by atoms with van der Waals surface area (Å²) in [5.41, 5.74) is 3.47. The van der Waals surface area contributed by atoms with Crippen LogP contribution in [0.15, 0.2) is 42.7 Å². The van der Waals surface area contributed by atoms with Gasteiger partial charge in [-0.3, -0.25) is 14.6 Å². The number of amides is 1. The highest BCUT2D eigenvalue weighted by molar-refractivity contribution is 6.07. The molecule has 5 rings (SSSR count). The van der Waals surface area contributed by atoms with Crippen LogP contribution in [0.25, 0.3) is 0 Å². The van der Waals surface area contributed by atoms with Gasteiger partial charge in [-0.05, 0) is 42.5 Å². The van der Waals surface area contributed by atoms with E-state index < -0.39 is 5.41 Å². The van der Waals surface area contributed by atoms with E-state index in [-0.39, 0.29) is 11.7 Å². The summed E-state index contributed by atoms with van der Waals surface area (Å²) >= 11 is 0. The molecule has 132 valence electrons. The number of ketones is 1. The normalized spacial score (nSPS) is 23.2. The van der Waals surface area contributed by atoms with Gasteiger partial charge in [-0.15, -0.1) is 0 Å². The van der Waals surface area contributed by atoms with Gasteiger partial charge in [-0.2, -0.15) is 0 Å². The molecule has 2 aromatic rings. The SMILES string of the molecule is O=C1CCC2CN(C(=O)C3(c4cccnc4)CCCC3)c3cccc1c32. The summed E-state index contributed by atoms with van der Waals surface area (Å²) in [5.74, 6) is 0.712. The van der Waals surface area contributed by atoms with Crippen LogP contribution in [-0.2, 0) is 10.2 Å². The maximum atomic E-state index is 13.8. The van der Waals surface area contributed by atoms with Crippen LogP contribution in [0.4, 0.5) is 5.69 Å². The average molecular weight is 346 g/mol. The number of carbonyl (C=O) groups excluding carboxylic acids is 2. The number of pyridine rings is 1. The van der Waals surface area contributed by atoms with Gasteiger partial charge < -0.3 is 4.90 Å². The molecule has 0 radical (unpaired) electrons. The number of nitrogens with zero attached hydrogens (tertiary/aromatic N) is 2. The zero-order valence-corrected chi connectivity index (χ0v) is 14.8. The number of hydrogen-bond donors (Lipinski definition) is 0. The molecule has 3 aliphatic rings. The molecular formula is C22H22N2O2. The van der Waals surface area contributed by atoms with Gasteiger partial charge in [0, 0.05) is 42.5 Å². The fourth-order valence-corrected chi connectivity index (χ4v) is 5.25. The third-order valence-corrected chi connectivity index (χ3v) is 6.53. The Morgan fingerprint density at radius 2 is 2.00 bits per heavy atom. The molecule has 2 aliphatic carbocycles. The third-order valence-electron chi connectivity index (χ3n) is 6.53. The van der Waals surface area contributed by atoms with Crippen LogP contribution < -0.4 is 4.90 Å². The van der Waals surface area contributed by atoms with E-state index in [0.29, 0.717) is 18.9 Å². The maximum Gasteiger partial charge on any atom is 0.237 e. The number of anilines is 1. The van der Waals surface area contributed by atoms with Crippen LogP contribution >= 0.6 is 0 Å². The van der Waals surface area contributed by atoms with Crippen molar-refractivity contribution in [3.8, 4) is 0 Å². The first-order chi connectivity index (χ1) is 12.7. The fourth-order valence-electron chi connectivity index (χ4n) is 5.25. The summed E-state index contributed by atoms with van der Waals surface area (Å²) in [6.45, 7) is 0.709. The molecule has 1 atom stereocenters. The van der Waals surface area contributed by atoms with Gasteiger partial charge in [0.2, 0.25) is 5.91 Å². The third kappa shape index (κ3) is 2.11. The Bertz CT molecular complexity index is 884. The topological polar surface area (TPSA) is 50.3 Å². The number of hydrogen-bond acceptors (Lipinski definition) is 3. The van der Waals surface area contributed by atoms with E-state index in [1.54, 1.807) is 6.20 Å². The zero-order chi connectivity index (χ0) is 17.7. The first-order valence-corrected chi connectivity index (χ1v) is 9.59. The predicted molar refractivity (Wildman–Crippen MR) is 99.5 cm³/mol. The Labute approximate surface area is 153 Å². The second-order valence-electron chi connectivity index (χ2n) is 7.84. The first kappa shape index (κ1) is 15.7. The standard InChI is InChI=1S/C22H22N2O2/c25-19-9-8-15-14-24(18-7-3-6-17(19)20(15)18)21(26)22(10-1-2-11-22)16-5-4-12-23-13-16/h3-7,12-13,15H,1-2,8-11,14H2. The lowest BCUT2D eigenvalue weighted by molar-refractivity contribution is -0.124. The Hall–Kier alpha value is -2.49. The highest BCUT2D eigenvalue weighted by Crippen LogP contribution is 2.49. The number of Topliss-reactive ketones (excluding diaryl/α,β-unsaturated/α-hetero) is 1. The Morgan fingerprint density at radius 3 is 2.77 bits per heavy atom. The van der Waals surface area contributed by atoms with Gasteiger partial charge in [0.25, 0.3) is 0 Å². The average Bonchev–Trinajstić information content (AvgIpc) is 3.32. The second kappa shape index (κ2) is 5.76. The largest absolute Gasteiger partial charge is 0.311 e. The molecule has 0 bridgehead atoms. The summed E-state index contributed by atoms with van der Waals surface area (Å²) in [5, 5.41) is 0. The minimum absolute atomic E-state index is 0.193. The van der Waals surface area contributed by atoms with Gasteiger partial charge in [-0.1, -0.05) is 31.0 Å². The minimum Gasteiger partial charge on any atom is -0.311 e. The molecule has 1 aliphatic heterocycles. The van der Waals surface area contributed by atoms with Crippen molar-refractivity contribution in [2.24, 2.45) is 0 Å². The van der Waals surface area contributed by atoms with Crippen LogP contribution in [0.3, 0.4) is 0 Å². The minimum atomic E-state index is -0.464. The van der Waals surface area contributed by atoms with Crippen molar-refractivity contribution < 1.29 is 9.59 Å². The molecule has 2 heterocycles. The van der Waals surface area contributed by atoms with Crippen molar-refractivity contribution in [1.29, 1.82) is 0 Å². The lowest BCUT2D eigenvalue weighted by Gasteiger charge is -2.33. The molecule has 0 spiro atoms. The van der Waals surface area contributed by atoms with Crippen LogP contribution in [0, 0.1) is 0 Å². The maximum absolute atomic E-state index is 13.8. The predicted octanol–water partition coefficient (Wildman–Crippen LogP) is 4.00. The molecule has 0 saturated heterocycles. The van der Waals surface area contributed by atoms with Crippen molar-refractivity contribution in [2.45, 2.75) is 49.9 Å². The second-order valence-corrected chi connectivity index (χ2v) is 7.84. The molecule has 1 amide bonds. The lowest BCUT2D eigenvalue weighted by Crippen LogP contribution is -2.45. The number of aromatic nitrogens is 1. The Kier molecular flexibility index (Phi) is 3.49. The lowest BCUT2D eigenvalue weighted by atomic mass is 9.78. The van der Waals surface area contributed by atoms with Gasteiger partial charge in [-0.25, -0.2) is 0 Å². The highest BCUT2D eigenvalue weighted by Gasteiger charge is 2.48. The highest BCUT2D eigenvalue weighted by atomic mass is 16.2. The summed E-state index contributed by atoms with van der Waals surface area (Å²) in [6, 6.07) is 9.83. The Morgan fingerprint density at radius 1 is 1.15 bits per heavy atom. The van der Waals surface area contributed by atoms with Crippen molar-refractivity contribution in [3.63, 3.8) is 0 Å². The van der Waals surface area contributed by atoms with Gasteiger partial charge in [0.05, 0.1) is 5.41 Å². The summed E-state index contributed by atoms with van der Waals surface area (Å²) in [6.07, 6.45) is 8.98. The number of rotatable bonds is 2. The van der Waals surface area contributed by atoms with Crippen molar-refractivity contribution >= 4 is 17.4 Å². The fraction of sp³-hybridized carbons (Fsp3) is 0.409. The Balaban J connectivity index is 1.59. The van der Waals surface area contributed by atoms with E-state index in [0.717, 1.165) is 54.5 Å². The quantitative estimate of drug-likeness (QED) is 0.826. The van der Waals surface area contributed by atoms with Gasteiger partial charge in [0.15, 0.2) is 5.78 Å². The summed E-state index contributed by atoms with van der Waals surface area (Å²) in [4.78, 5) is 32.4. The molecule has 4 nitrogen and oxygen atoms in total. The van der Waals surface area contributed by atoms with Crippen LogP contribution in [-0.4, -0.2) is 23.2 Å². The molecule has 1 saturated carbocycles. The van der Waals surface area contributed by atoms with Crippen LogP contribution in [0.1, 0.15) is 65.9 Å². The van der Waals surface area contributed by atoms with Gasteiger partial charge >= 0.3 is 0 Å². The van der Waals surface area contributed by atoms with Crippen LogP contribution in [0.5, 0.6) is 0 Å². The molecule has 0 N–H and O–H groups in total. The smallest absolute Gasteiger partial charge is 0.237 e. The van der Waals surface area contributed by atoms with E-state index in [4.69, 9.17) is 0 Å². The summed E-state index contributed by atoms with van der Waals surface area (Å²) < 4.78 is 0. The number of carbonyl (C=O) groups is 2. The van der Waals surface area contributed by atoms with E-state index in [2.05, 4.69) is 4.98 Å². The van der Waals surface area contributed by atoms with E-state index in [1.165, 1.54) is 0 Å². The molecule has 1 aromatic heterocycles. The first-order valence-electron chi connectivity index (χ1n) is 9.59. The van der Waals surface area contributed by atoms with Crippen molar-refractivity contribution in [2.75, 3.05) is 11.4 Å². The molecule has 1 aromatic carbocycles. The van der Waals surface area contributed by atoms with Crippen molar-refractivity contribution in [1.82, 2.24) is 4.98 Å². The molecular weight excluding hydrogens is 324 g/mol. The van der Waals surface area contributed by atoms with Crippen molar-refractivity contribution in [3.05, 3.63) is 59.4 Å². The van der Waals surface area contributed by atoms with Gasteiger partial charge in [0.1, 0.15) is 0 Å². The molecule has 1 unspecified atom stereocenters. The monoisotopic (exact) mass is 346 g/mol. The number of benzene rings is 1.